The van der Waals surface area contributed by atoms with Gasteiger partial charge in [0.25, 0.3) is 0 Å². The highest BCUT2D eigenvalue weighted by molar-refractivity contribution is 5.95. The van der Waals surface area contributed by atoms with Gasteiger partial charge < -0.3 is 9.84 Å². The molecule has 3 nitrogen and oxygen atoms in total. The molecule has 0 heterocycles. The Morgan fingerprint density at radius 3 is 2.53 bits per heavy atom. The Bertz CT molecular complexity index is 1290. The molecule has 1 N–H and O–H groups in total. The summed E-state index contributed by atoms with van der Waals surface area (Å²) in [5.41, 5.74) is 5.94. The number of fused-ring (bicyclic) bond motifs is 2. The zero-order valence-corrected chi connectivity index (χ0v) is 18.6. The number of benzene rings is 3. The Morgan fingerprint density at radius 2 is 1.72 bits per heavy atom. The Labute approximate surface area is 188 Å². The van der Waals surface area contributed by atoms with Crippen molar-refractivity contribution < 1.29 is 14.6 Å². The van der Waals surface area contributed by atoms with Crippen molar-refractivity contribution in [1.29, 1.82) is 0 Å². The van der Waals surface area contributed by atoms with Gasteiger partial charge in [-0.2, -0.15) is 0 Å². The quantitative estimate of drug-likeness (QED) is 0.466. The normalized spacial score (nSPS) is 28.1. The monoisotopic (exact) mass is 424 g/mol. The maximum atomic E-state index is 11.3. The van der Waals surface area contributed by atoms with Crippen LogP contribution in [0.5, 0.6) is 5.75 Å². The van der Waals surface area contributed by atoms with Gasteiger partial charge in [-0.25, -0.2) is 4.79 Å². The van der Waals surface area contributed by atoms with Crippen LogP contribution in [0.1, 0.15) is 48.5 Å². The Morgan fingerprint density at radius 1 is 0.969 bits per heavy atom. The lowest BCUT2D eigenvalue weighted by molar-refractivity contribution is 0.0697. The summed E-state index contributed by atoms with van der Waals surface area (Å²) in [5, 5.41) is 11.3. The number of methoxy groups -OCH3 is 1. The van der Waals surface area contributed by atoms with E-state index in [2.05, 4.69) is 43.3 Å². The van der Waals surface area contributed by atoms with Gasteiger partial charge in [0.2, 0.25) is 0 Å². The van der Waals surface area contributed by atoms with E-state index in [0.29, 0.717) is 11.5 Å². The van der Waals surface area contributed by atoms with Gasteiger partial charge in [-0.3, -0.25) is 0 Å². The highest BCUT2D eigenvalue weighted by atomic mass is 16.5. The van der Waals surface area contributed by atoms with E-state index in [-0.39, 0.29) is 5.41 Å². The highest BCUT2D eigenvalue weighted by Gasteiger charge is 2.54. The molecule has 32 heavy (non-hydrogen) atoms. The van der Waals surface area contributed by atoms with Gasteiger partial charge in [0.15, 0.2) is 0 Å². The Hall–Kier alpha value is -3.07. The maximum Gasteiger partial charge on any atom is 0.335 e. The first-order valence-corrected chi connectivity index (χ1v) is 11.6. The van der Waals surface area contributed by atoms with Crippen molar-refractivity contribution in [3.05, 3.63) is 77.4 Å². The molecule has 2 saturated carbocycles. The molecule has 0 aliphatic heterocycles. The molecule has 3 aromatic carbocycles. The fourth-order valence-corrected chi connectivity index (χ4v) is 6.85. The topological polar surface area (TPSA) is 46.5 Å². The number of carboxylic acid groups (broad SMARTS) is 1. The van der Waals surface area contributed by atoms with Gasteiger partial charge in [-0.05, 0) is 95.7 Å². The number of hydrogen-bond acceptors (Lipinski definition) is 2. The Balaban J connectivity index is 1.44. The van der Waals surface area contributed by atoms with Gasteiger partial charge in [-0.1, -0.05) is 42.8 Å². The van der Waals surface area contributed by atoms with Crippen molar-refractivity contribution in [3.8, 4) is 16.9 Å². The van der Waals surface area contributed by atoms with E-state index in [1.165, 1.54) is 36.8 Å². The van der Waals surface area contributed by atoms with Crippen molar-refractivity contribution in [3.63, 3.8) is 0 Å². The minimum atomic E-state index is -0.893. The number of carboxylic acids is 1. The van der Waals surface area contributed by atoms with Crippen LogP contribution in [0, 0.1) is 17.8 Å². The lowest BCUT2D eigenvalue weighted by Crippen LogP contribution is -2.27. The summed E-state index contributed by atoms with van der Waals surface area (Å²) in [4.78, 5) is 11.3. The van der Waals surface area contributed by atoms with Crippen LogP contribution in [0.3, 0.4) is 0 Å². The van der Waals surface area contributed by atoms with Crippen molar-refractivity contribution in [2.75, 3.05) is 7.11 Å². The fraction of sp³-hybridized carbons (Fsp3) is 0.345. The summed E-state index contributed by atoms with van der Waals surface area (Å²) in [6.45, 7) is 2.37. The molecule has 6 rings (SSSR count). The van der Waals surface area contributed by atoms with Crippen molar-refractivity contribution in [2.24, 2.45) is 17.8 Å². The smallest absolute Gasteiger partial charge is 0.335 e. The van der Waals surface area contributed by atoms with Gasteiger partial charge in [-0.15, -0.1) is 0 Å². The average Bonchev–Trinajstić information content (AvgIpc) is 3.02. The number of aromatic carboxylic acids is 1. The molecule has 2 fully saturated rings. The third kappa shape index (κ3) is 2.91. The summed E-state index contributed by atoms with van der Waals surface area (Å²) in [7, 11) is 1.79. The molecule has 0 radical (unpaired) electrons. The molecular weight excluding hydrogens is 396 g/mol. The van der Waals surface area contributed by atoms with Crippen LogP contribution in [-0.4, -0.2) is 18.2 Å². The van der Waals surface area contributed by atoms with Crippen LogP contribution < -0.4 is 4.74 Å². The molecule has 2 bridgehead atoms. The lowest BCUT2D eigenvalue weighted by Gasteiger charge is -2.37. The minimum Gasteiger partial charge on any atom is -0.496 e. The predicted octanol–water partition coefficient (Wildman–Crippen LogP) is 6.85. The Kier molecular flexibility index (Phi) is 4.27. The van der Waals surface area contributed by atoms with Gasteiger partial charge in [0.05, 0.1) is 12.7 Å². The highest BCUT2D eigenvalue weighted by Crippen LogP contribution is 2.64. The molecule has 0 spiro atoms. The molecule has 0 saturated heterocycles. The summed E-state index contributed by atoms with van der Waals surface area (Å²) in [6, 6.07) is 18.3. The van der Waals surface area contributed by atoms with E-state index in [9.17, 15) is 9.90 Å². The molecule has 3 aromatic rings. The van der Waals surface area contributed by atoms with Crippen molar-refractivity contribution in [2.45, 2.75) is 38.0 Å². The van der Waals surface area contributed by atoms with Gasteiger partial charge >= 0.3 is 5.97 Å². The van der Waals surface area contributed by atoms with E-state index in [1.807, 2.05) is 12.1 Å². The summed E-state index contributed by atoms with van der Waals surface area (Å²) >= 11 is 0. The lowest BCUT2D eigenvalue weighted by atomic mass is 9.68. The summed E-state index contributed by atoms with van der Waals surface area (Å²) < 4.78 is 5.89. The van der Waals surface area contributed by atoms with E-state index >= 15 is 0 Å². The molecular formula is C29H28O3. The van der Waals surface area contributed by atoms with Crippen LogP contribution in [0.15, 0.2) is 66.2 Å². The number of hydrogen-bond donors (Lipinski definition) is 1. The maximum absolute atomic E-state index is 11.3. The van der Waals surface area contributed by atoms with Crippen LogP contribution in [-0.2, 0) is 5.41 Å². The molecule has 162 valence electrons. The van der Waals surface area contributed by atoms with Gasteiger partial charge in [0.1, 0.15) is 5.75 Å². The van der Waals surface area contributed by atoms with E-state index in [4.69, 9.17) is 4.74 Å². The molecule has 4 unspecified atom stereocenters. The first kappa shape index (κ1) is 19.6. The molecule has 3 aliphatic rings. The third-order valence-corrected chi connectivity index (χ3v) is 8.21. The zero-order chi connectivity index (χ0) is 22.0. The average molecular weight is 425 g/mol. The van der Waals surface area contributed by atoms with Crippen LogP contribution in [0.25, 0.3) is 21.9 Å². The largest absolute Gasteiger partial charge is 0.496 e. The SMILES string of the molecule is COc1ccc(-c2ccc3cc(C(=O)O)ccc3c2)cc1C12CC(C)C=C3CC(C1)C3C2. The molecule has 4 atom stereocenters. The number of carbonyl (C=O) groups is 1. The van der Waals surface area contributed by atoms with E-state index < -0.39 is 5.97 Å². The number of ether oxygens (including phenoxy) is 1. The third-order valence-electron chi connectivity index (χ3n) is 8.21. The fourth-order valence-electron chi connectivity index (χ4n) is 6.85. The van der Waals surface area contributed by atoms with Crippen LogP contribution in [0.4, 0.5) is 0 Å². The second kappa shape index (κ2) is 6.96. The second-order valence-electron chi connectivity index (χ2n) is 10.2. The number of rotatable bonds is 4. The van der Waals surface area contributed by atoms with Crippen molar-refractivity contribution in [1.82, 2.24) is 0 Å². The zero-order valence-electron chi connectivity index (χ0n) is 18.6. The van der Waals surface area contributed by atoms with E-state index in [1.54, 1.807) is 24.8 Å². The van der Waals surface area contributed by atoms with Crippen LogP contribution in [0.2, 0.25) is 0 Å². The number of allylic oxidation sites excluding steroid dienone is 2. The summed E-state index contributed by atoms with van der Waals surface area (Å²) in [5.74, 6) is 2.34. The predicted molar refractivity (Wildman–Crippen MR) is 127 cm³/mol. The summed E-state index contributed by atoms with van der Waals surface area (Å²) in [6.07, 6.45) is 7.56. The second-order valence-corrected chi connectivity index (χ2v) is 10.2. The first-order chi connectivity index (χ1) is 15.5. The first-order valence-electron chi connectivity index (χ1n) is 11.6. The minimum absolute atomic E-state index is 0.193. The van der Waals surface area contributed by atoms with Crippen LogP contribution >= 0.6 is 0 Å². The molecule has 3 aliphatic carbocycles. The molecule has 0 amide bonds. The standard InChI is InChI=1S/C29H28O3/c1-17-9-23-12-24-15-29(14-17,16-25(23)24)26-13-21(7-8-27(26)32-2)19-3-4-20-11-22(28(30)31)6-5-18(20)10-19/h3-11,13,17,24-25H,12,14-16H2,1-2H3,(H,30,31). The molecule has 3 heteroatoms. The van der Waals surface area contributed by atoms with Gasteiger partial charge in [0, 0.05) is 11.0 Å². The molecule has 0 aromatic heterocycles. The van der Waals surface area contributed by atoms with Crippen molar-refractivity contribution >= 4 is 16.7 Å². The van der Waals surface area contributed by atoms with E-state index in [0.717, 1.165) is 33.9 Å².